The zero-order chi connectivity index (χ0) is 22.2. The Labute approximate surface area is 185 Å². The normalized spacial score (nSPS) is 11.2. The van der Waals surface area contributed by atoms with Gasteiger partial charge < -0.3 is 5.32 Å². The van der Waals surface area contributed by atoms with Gasteiger partial charge in [0.2, 0.25) is 0 Å². The first-order valence-corrected chi connectivity index (χ1v) is 10.7. The Kier molecular flexibility index (Phi) is 4.90. The maximum absolute atomic E-state index is 12.9. The molecule has 1 amide bonds. The number of rotatable bonds is 4. The number of aromatic nitrogens is 4. The molecule has 0 saturated carbocycles. The van der Waals surface area contributed by atoms with E-state index in [-0.39, 0.29) is 11.6 Å². The molecule has 0 atom stereocenters. The second kappa shape index (κ2) is 7.89. The number of anilines is 1. The number of carbonyl (C=O) groups is 1. The summed E-state index contributed by atoms with van der Waals surface area (Å²) in [5, 5.41) is 18.6. The number of amides is 1. The van der Waals surface area contributed by atoms with Crippen LogP contribution in [0.3, 0.4) is 0 Å². The van der Waals surface area contributed by atoms with Crippen molar-refractivity contribution in [1.82, 2.24) is 19.8 Å². The Morgan fingerprint density at radius 2 is 1.69 bits per heavy atom. The largest absolute Gasteiger partial charge is 0.321 e. The highest BCUT2D eigenvalue weighted by Crippen LogP contribution is 2.33. The first-order valence-electron chi connectivity index (χ1n) is 10.7. The third-order valence-corrected chi connectivity index (χ3v) is 5.84. The maximum atomic E-state index is 12.9. The van der Waals surface area contributed by atoms with E-state index in [1.807, 2.05) is 56.3 Å². The molecular formula is C26H23N5O. The molecule has 6 heteroatoms. The average molecular weight is 422 g/mol. The highest BCUT2D eigenvalue weighted by atomic mass is 16.2. The van der Waals surface area contributed by atoms with Crippen molar-refractivity contribution in [3.05, 3.63) is 89.4 Å². The van der Waals surface area contributed by atoms with Crippen molar-refractivity contribution in [2.75, 3.05) is 5.32 Å². The smallest absolute Gasteiger partial charge is 0.278 e. The first-order chi connectivity index (χ1) is 15.6. The predicted octanol–water partition coefficient (Wildman–Crippen LogP) is 5.38. The molecule has 0 saturated heterocycles. The fourth-order valence-electron chi connectivity index (χ4n) is 4.09. The molecule has 0 aliphatic rings. The predicted molar refractivity (Wildman–Crippen MR) is 127 cm³/mol. The van der Waals surface area contributed by atoms with Crippen LogP contribution in [0.4, 0.5) is 5.69 Å². The van der Waals surface area contributed by atoms with Gasteiger partial charge in [-0.15, -0.1) is 10.2 Å². The summed E-state index contributed by atoms with van der Waals surface area (Å²) < 4.78 is 1.72. The van der Waals surface area contributed by atoms with Gasteiger partial charge in [-0.2, -0.15) is 5.10 Å². The van der Waals surface area contributed by atoms with Crippen LogP contribution < -0.4 is 5.32 Å². The van der Waals surface area contributed by atoms with Crippen LogP contribution in [-0.4, -0.2) is 25.7 Å². The van der Waals surface area contributed by atoms with Crippen LogP contribution in [-0.2, 0) is 6.42 Å². The molecule has 1 N–H and O–H groups in total. The second-order valence-electron chi connectivity index (χ2n) is 7.86. The average Bonchev–Trinajstić information content (AvgIpc) is 3.16. The van der Waals surface area contributed by atoms with Crippen molar-refractivity contribution in [2.24, 2.45) is 0 Å². The van der Waals surface area contributed by atoms with Crippen LogP contribution in [0.1, 0.15) is 34.4 Å². The number of hydrogen-bond acceptors (Lipinski definition) is 4. The Hall–Kier alpha value is -4.06. The van der Waals surface area contributed by atoms with Crippen LogP contribution in [0.25, 0.3) is 27.5 Å². The van der Waals surface area contributed by atoms with Crippen molar-refractivity contribution in [3.8, 4) is 11.1 Å². The number of benzene rings is 3. The van der Waals surface area contributed by atoms with Crippen molar-refractivity contribution in [2.45, 2.75) is 27.2 Å². The minimum Gasteiger partial charge on any atom is -0.321 e. The number of hydrogen-bond donors (Lipinski definition) is 1. The van der Waals surface area contributed by atoms with E-state index in [1.165, 1.54) is 5.56 Å². The van der Waals surface area contributed by atoms with Crippen LogP contribution in [0.5, 0.6) is 0 Å². The maximum Gasteiger partial charge on any atom is 0.278 e. The van der Waals surface area contributed by atoms with Gasteiger partial charge in [-0.3, -0.25) is 4.79 Å². The summed E-state index contributed by atoms with van der Waals surface area (Å²) in [5.74, 6) is -0.305. The van der Waals surface area contributed by atoms with Gasteiger partial charge in [-0.1, -0.05) is 61.5 Å². The lowest BCUT2D eigenvalue weighted by atomic mass is 9.98. The number of fused-ring (bicyclic) bond motifs is 2. The monoisotopic (exact) mass is 421 g/mol. The summed E-state index contributed by atoms with van der Waals surface area (Å²) >= 11 is 0. The van der Waals surface area contributed by atoms with E-state index in [1.54, 1.807) is 4.52 Å². The van der Waals surface area contributed by atoms with Gasteiger partial charge in [0.15, 0.2) is 11.3 Å². The highest BCUT2D eigenvalue weighted by Gasteiger charge is 2.21. The lowest BCUT2D eigenvalue weighted by Gasteiger charge is -2.09. The Balaban J connectivity index is 1.57. The SMILES string of the molecule is CCc1ccc(NC(=O)c2nnc3c(-c4cccc5ccccc45)c(C)nn3c2C)cc1. The van der Waals surface area contributed by atoms with Crippen molar-refractivity contribution in [3.63, 3.8) is 0 Å². The van der Waals surface area contributed by atoms with Gasteiger partial charge in [0, 0.05) is 5.69 Å². The lowest BCUT2D eigenvalue weighted by molar-refractivity contribution is 0.102. The van der Waals surface area contributed by atoms with Gasteiger partial charge in [-0.25, -0.2) is 4.52 Å². The summed E-state index contributed by atoms with van der Waals surface area (Å²) in [6.45, 7) is 5.90. The molecule has 3 aromatic carbocycles. The molecule has 5 rings (SSSR count). The van der Waals surface area contributed by atoms with E-state index in [0.717, 1.165) is 39.7 Å². The quantitative estimate of drug-likeness (QED) is 0.423. The van der Waals surface area contributed by atoms with Crippen LogP contribution >= 0.6 is 0 Å². The molecule has 32 heavy (non-hydrogen) atoms. The lowest BCUT2D eigenvalue weighted by Crippen LogP contribution is -2.18. The number of carbonyl (C=O) groups excluding carboxylic acids is 1. The van der Waals surface area contributed by atoms with Gasteiger partial charge in [0.1, 0.15) is 0 Å². The summed E-state index contributed by atoms with van der Waals surface area (Å²) in [6.07, 6.45) is 0.952. The number of aryl methyl sites for hydroxylation is 3. The Morgan fingerprint density at radius 3 is 2.47 bits per heavy atom. The van der Waals surface area contributed by atoms with Crippen LogP contribution in [0.2, 0.25) is 0 Å². The molecule has 5 aromatic rings. The molecule has 0 aliphatic heterocycles. The van der Waals surface area contributed by atoms with E-state index >= 15 is 0 Å². The topological polar surface area (TPSA) is 72.2 Å². The molecule has 0 aliphatic carbocycles. The van der Waals surface area contributed by atoms with Crippen molar-refractivity contribution in [1.29, 1.82) is 0 Å². The van der Waals surface area contributed by atoms with Gasteiger partial charge >= 0.3 is 0 Å². The van der Waals surface area contributed by atoms with Crippen LogP contribution in [0, 0.1) is 13.8 Å². The second-order valence-corrected chi connectivity index (χ2v) is 7.86. The van der Waals surface area contributed by atoms with Crippen LogP contribution in [0.15, 0.2) is 66.7 Å². The molecule has 2 heterocycles. The summed E-state index contributed by atoms with van der Waals surface area (Å²) in [6, 6.07) is 22.2. The van der Waals surface area contributed by atoms with Crippen molar-refractivity contribution < 1.29 is 4.79 Å². The first kappa shape index (κ1) is 19.9. The fourth-order valence-corrected chi connectivity index (χ4v) is 4.09. The van der Waals surface area contributed by atoms with Crippen molar-refractivity contribution >= 4 is 28.0 Å². The van der Waals surface area contributed by atoms with E-state index in [9.17, 15) is 4.79 Å². The molecule has 0 fully saturated rings. The molecule has 0 bridgehead atoms. The summed E-state index contributed by atoms with van der Waals surface area (Å²) in [7, 11) is 0. The Bertz CT molecular complexity index is 1460. The molecular weight excluding hydrogens is 398 g/mol. The molecule has 0 unspecified atom stereocenters. The van der Waals surface area contributed by atoms with E-state index < -0.39 is 0 Å². The standard InChI is InChI=1S/C26H23N5O/c1-4-18-12-14-20(15-13-18)27-26(32)24-17(3)31-25(29-28-24)23(16(2)30-31)22-11-7-9-19-8-5-6-10-21(19)22/h5-15H,4H2,1-3H3,(H,27,32). The number of nitrogens with one attached hydrogen (secondary N) is 1. The number of nitrogens with zero attached hydrogens (tertiary/aromatic N) is 4. The fraction of sp³-hybridized carbons (Fsp3) is 0.154. The molecule has 6 nitrogen and oxygen atoms in total. The van der Waals surface area contributed by atoms with E-state index in [0.29, 0.717) is 11.3 Å². The highest BCUT2D eigenvalue weighted by molar-refractivity contribution is 6.04. The molecule has 2 aromatic heterocycles. The third kappa shape index (κ3) is 3.30. The Morgan fingerprint density at radius 1 is 0.938 bits per heavy atom. The molecule has 0 spiro atoms. The van der Waals surface area contributed by atoms with E-state index in [4.69, 9.17) is 5.10 Å². The van der Waals surface area contributed by atoms with Gasteiger partial charge in [-0.05, 0) is 54.3 Å². The summed E-state index contributed by atoms with van der Waals surface area (Å²) in [4.78, 5) is 12.9. The van der Waals surface area contributed by atoms with E-state index in [2.05, 4.69) is 46.7 Å². The minimum absolute atomic E-state index is 0.254. The molecule has 158 valence electrons. The third-order valence-electron chi connectivity index (χ3n) is 5.84. The molecule has 0 radical (unpaired) electrons. The zero-order valence-corrected chi connectivity index (χ0v) is 18.3. The minimum atomic E-state index is -0.305. The zero-order valence-electron chi connectivity index (χ0n) is 18.3. The van der Waals surface area contributed by atoms with Gasteiger partial charge in [0.05, 0.1) is 17.0 Å². The summed E-state index contributed by atoms with van der Waals surface area (Å²) in [5.41, 5.74) is 6.30. The van der Waals surface area contributed by atoms with Gasteiger partial charge in [0.25, 0.3) is 5.91 Å².